The largest absolute Gasteiger partial charge is 0.477 e. The van der Waals surface area contributed by atoms with Crippen molar-refractivity contribution in [1.29, 1.82) is 0 Å². The molecule has 6 heteroatoms. The van der Waals surface area contributed by atoms with Crippen molar-refractivity contribution in [3.63, 3.8) is 0 Å². The van der Waals surface area contributed by atoms with Crippen LogP contribution in [-0.4, -0.2) is 25.8 Å². The Hall–Kier alpha value is -1.82. The average molecular weight is 303 g/mol. The Morgan fingerprint density at radius 1 is 1.38 bits per heavy atom. The van der Waals surface area contributed by atoms with Crippen LogP contribution in [0.3, 0.4) is 0 Å². The smallest absolute Gasteiger partial charge is 0.354 e. The molecule has 0 saturated heterocycles. The molecule has 0 spiro atoms. The number of carboxylic acid groups (broad SMARTS) is 1. The number of pyridine rings is 1. The molecular formula is C15H17N3O2S. The number of hydrogen-bond acceptors (Lipinski definition) is 4. The van der Waals surface area contributed by atoms with Gasteiger partial charge in [0.25, 0.3) is 0 Å². The van der Waals surface area contributed by atoms with Crippen LogP contribution in [0.4, 0.5) is 0 Å². The monoisotopic (exact) mass is 303 g/mol. The van der Waals surface area contributed by atoms with Crippen LogP contribution in [0.25, 0.3) is 0 Å². The normalized spacial score (nSPS) is 15.4. The van der Waals surface area contributed by atoms with Gasteiger partial charge in [-0.05, 0) is 31.0 Å². The maximum atomic E-state index is 10.9. The first kappa shape index (κ1) is 14.1. The highest BCUT2D eigenvalue weighted by Gasteiger charge is 2.17. The van der Waals surface area contributed by atoms with E-state index in [9.17, 15) is 4.79 Å². The SMILES string of the molecule is O=C(O)c1cc(SCc2ccn(C3CCCC3)n2)ccn1. The van der Waals surface area contributed by atoms with Crippen LogP contribution in [-0.2, 0) is 5.75 Å². The van der Waals surface area contributed by atoms with E-state index < -0.39 is 5.97 Å². The van der Waals surface area contributed by atoms with E-state index in [1.807, 2.05) is 12.1 Å². The minimum Gasteiger partial charge on any atom is -0.477 e. The summed E-state index contributed by atoms with van der Waals surface area (Å²) in [4.78, 5) is 15.6. The number of thioether (sulfide) groups is 1. The summed E-state index contributed by atoms with van der Waals surface area (Å²) in [5.41, 5.74) is 1.11. The van der Waals surface area contributed by atoms with Crippen LogP contribution in [0, 0.1) is 0 Å². The second kappa shape index (κ2) is 6.30. The molecule has 2 heterocycles. The molecule has 21 heavy (non-hydrogen) atoms. The van der Waals surface area contributed by atoms with Gasteiger partial charge in [0.05, 0.1) is 11.7 Å². The lowest BCUT2D eigenvalue weighted by atomic mass is 10.3. The van der Waals surface area contributed by atoms with Gasteiger partial charge in [0.1, 0.15) is 5.69 Å². The fraction of sp³-hybridized carbons (Fsp3) is 0.400. The van der Waals surface area contributed by atoms with E-state index in [2.05, 4.69) is 21.0 Å². The molecule has 1 fully saturated rings. The molecule has 0 atom stereocenters. The summed E-state index contributed by atoms with van der Waals surface area (Å²) in [6.07, 6.45) is 8.62. The number of aromatic carboxylic acids is 1. The summed E-state index contributed by atoms with van der Waals surface area (Å²) < 4.78 is 2.08. The molecule has 0 aliphatic heterocycles. The lowest BCUT2D eigenvalue weighted by molar-refractivity contribution is 0.0690. The summed E-state index contributed by atoms with van der Waals surface area (Å²) in [5, 5.41) is 13.6. The Kier molecular flexibility index (Phi) is 4.24. The lowest BCUT2D eigenvalue weighted by Gasteiger charge is -2.08. The minimum absolute atomic E-state index is 0.0801. The molecular weight excluding hydrogens is 286 g/mol. The van der Waals surface area contributed by atoms with Crippen molar-refractivity contribution < 1.29 is 9.90 Å². The van der Waals surface area contributed by atoms with Gasteiger partial charge < -0.3 is 5.11 Å². The Bertz CT molecular complexity index is 635. The molecule has 0 amide bonds. The van der Waals surface area contributed by atoms with E-state index in [1.165, 1.54) is 31.9 Å². The second-order valence-corrected chi connectivity index (χ2v) is 6.24. The highest BCUT2D eigenvalue weighted by Crippen LogP contribution is 2.29. The Balaban J connectivity index is 1.62. The number of nitrogens with zero attached hydrogens (tertiary/aromatic N) is 3. The third-order valence-corrected chi connectivity index (χ3v) is 4.73. The van der Waals surface area contributed by atoms with Gasteiger partial charge in [0, 0.05) is 23.0 Å². The number of carboxylic acids is 1. The number of rotatable bonds is 5. The van der Waals surface area contributed by atoms with E-state index in [4.69, 9.17) is 5.11 Å². The molecule has 1 aliphatic rings. The van der Waals surface area contributed by atoms with Crippen LogP contribution >= 0.6 is 11.8 Å². The zero-order valence-electron chi connectivity index (χ0n) is 11.6. The van der Waals surface area contributed by atoms with Crippen molar-refractivity contribution >= 4 is 17.7 Å². The molecule has 0 bridgehead atoms. The van der Waals surface area contributed by atoms with Gasteiger partial charge in [-0.2, -0.15) is 5.10 Å². The first-order valence-corrected chi connectivity index (χ1v) is 8.07. The summed E-state index contributed by atoms with van der Waals surface area (Å²) >= 11 is 1.58. The lowest BCUT2D eigenvalue weighted by Crippen LogP contribution is -2.05. The summed E-state index contributed by atoms with van der Waals surface area (Å²) in [6.45, 7) is 0. The van der Waals surface area contributed by atoms with Crippen molar-refractivity contribution in [2.75, 3.05) is 0 Å². The van der Waals surface area contributed by atoms with Gasteiger partial charge >= 0.3 is 5.97 Å². The molecule has 5 nitrogen and oxygen atoms in total. The third kappa shape index (κ3) is 3.44. The Morgan fingerprint density at radius 3 is 2.95 bits per heavy atom. The van der Waals surface area contributed by atoms with Gasteiger partial charge in [-0.15, -0.1) is 11.8 Å². The van der Waals surface area contributed by atoms with E-state index in [0.717, 1.165) is 16.3 Å². The number of aromatic nitrogens is 3. The molecule has 2 aromatic rings. The van der Waals surface area contributed by atoms with E-state index in [0.29, 0.717) is 6.04 Å². The summed E-state index contributed by atoms with van der Waals surface area (Å²) in [7, 11) is 0. The van der Waals surface area contributed by atoms with E-state index in [-0.39, 0.29) is 5.69 Å². The van der Waals surface area contributed by atoms with Gasteiger partial charge in [-0.25, -0.2) is 9.78 Å². The van der Waals surface area contributed by atoms with Crippen molar-refractivity contribution in [1.82, 2.24) is 14.8 Å². The van der Waals surface area contributed by atoms with Crippen LogP contribution in [0.5, 0.6) is 0 Å². The maximum absolute atomic E-state index is 10.9. The van der Waals surface area contributed by atoms with E-state index >= 15 is 0 Å². The fourth-order valence-corrected chi connectivity index (χ4v) is 3.42. The molecule has 1 aliphatic carbocycles. The van der Waals surface area contributed by atoms with Gasteiger partial charge in [-0.1, -0.05) is 12.8 Å². The summed E-state index contributed by atoms with van der Waals surface area (Å²) in [6, 6.07) is 6.03. The first-order chi connectivity index (χ1) is 10.2. The number of carbonyl (C=O) groups is 1. The highest BCUT2D eigenvalue weighted by molar-refractivity contribution is 7.98. The quantitative estimate of drug-likeness (QED) is 0.858. The molecule has 1 N–H and O–H groups in total. The maximum Gasteiger partial charge on any atom is 0.354 e. The first-order valence-electron chi connectivity index (χ1n) is 7.08. The van der Waals surface area contributed by atoms with Crippen LogP contribution in [0.1, 0.15) is 47.9 Å². The van der Waals surface area contributed by atoms with Gasteiger partial charge in [0.15, 0.2) is 0 Å². The topological polar surface area (TPSA) is 68.0 Å². The predicted molar refractivity (Wildman–Crippen MR) is 80.5 cm³/mol. The van der Waals surface area contributed by atoms with Crippen molar-refractivity contribution in [3.8, 4) is 0 Å². The number of hydrogen-bond donors (Lipinski definition) is 1. The van der Waals surface area contributed by atoms with Crippen LogP contribution < -0.4 is 0 Å². The van der Waals surface area contributed by atoms with Crippen molar-refractivity contribution in [3.05, 3.63) is 42.0 Å². The molecule has 110 valence electrons. The van der Waals surface area contributed by atoms with Gasteiger partial charge in [0.2, 0.25) is 0 Å². The van der Waals surface area contributed by atoms with Crippen LogP contribution in [0.15, 0.2) is 35.5 Å². The van der Waals surface area contributed by atoms with Crippen molar-refractivity contribution in [2.45, 2.75) is 42.4 Å². The zero-order chi connectivity index (χ0) is 14.7. The standard InChI is InChI=1S/C15H17N3O2S/c19-15(20)14-9-13(5-7-16-14)21-10-11-6-8-18(17-11)12-3-1-2-4-12/h5-9,12H,1-4,10H2,(H,19,20). The van der Waals surface area contributed by atoms with Crippen molar-refractivity contribution in [2.24, 2.45) is 0 Å². The third-order valence-electron chi connectivity index (χ3n) is 3.70. The molecule has 0 unspecified atom stereocenters. The molecule has 0 aromatic carbocycles. The van der Waals surface area contributed by atoms with Crippen LogP contribution in [0.2, 0.25) is 0 Å². The summed E-state index contributed by atoms with van der Waals surface area (Å²) in [5.74, 6) is -0.258. The molecule has 3 rings (SSSR count). The van der Waals surface area contributed by atoms with E-state index in [1.54, 1.807) is 17.8 Å². The Labute approximate surface area is 127 Å². The fourth-order valence-electron chi connectivity index (χ4n) is 2.60. The van der Waals surface area contributed by atoms with Gasteiger partial charge in [-0.3, -0.25) is 4.68 Å². The average Bonchev–Trinajstić information content (AvgIpc) is 3.16. The molecule has 2 aromatic heterocycles. The molecule has 0 radical (unpaired) electrons. The zero-order valence-corrected chi connectivity index (χ0v) is 12.4. The highest BCUT2D eigenvalue weighted by atomic mass is 32.2. The Morgan fingerprint density at radius 2 is 2.19 bits per heavy atom. The minimum atomic E-state index is -0.997. The predicted octanol–water partition coefficient (Wildman–Crippen LogP) is 3.38. The molecule has 1 saturated carbocycles. The second-order valence-electron chi connectivity index (χ2n) is 5.20.